The lowest BCUT2D eigenvalue weighted by Gasteiger charge is -2.09. The maximum Gasteiger partial charge on any atom is 0.416 e. The van der Waals surface area contributed by atoms with Gasteiger partial charge in [0.25, 0.3) is 0 Å². The average molecular weight is 337 g/mol. The normalized spacial score (nSPS) is 11.7. The van der Waals surface area contributed by atoms with E-state index in [1.54, 1.807) is 0 Å². The van der Waals surface area contributed by atoms with Crippen LogP contribution in [-0.4, -0.2) is 9.97 Å². The van der Waals surface area contributed by atoms with Gasteiger partial charge in [0.05, 0.1) is 17.5 Å². The Hall–Kier alpha value is -2.27. The fourth-order valence-electron chi connectivity index (χ4n) is 2.22. The van der Waals surface area contributed by atoms with E-state index in [1.165, 1.54) is 12.3 Å². The van der Waals surface area contributed by atoms with Gasteiger partial charge in [-0.2, -0.15) is 13.2 Å². The first-order valence-corrected chi connectivity index (χ1v) is 7.21. The molecule has 1 N–H and O–H groups in total. The first-order valence-electron chi connectivity index (χ1n) is 6.84. The standard InChI is InChI=1S/C17H12ClF3N2/c1-10-2-4-11(5-3-10)16-22-9-15(23-16)13-8-12(17(19,20)21)6-7-14(13)18/h2-9H,1H3,(H,22,23). The van der Waals surface area contributed by atoms with Crippen molar-refractivity contribution < 1.29 is 13.2 Å². The number of imidazole rings is 1. The predicted molar refractivity (Wildman–Crippen MR) is 84.2 cm³/mol. The van der Waals surface area contributed by atoms with E-state index in [1.807, 2.05) is 31.2 Å². The number of nitrogens with zero attached hydrogens (tertiary/aromatic N) is 1. The summed E-state index contributed by atoms with van der Waals surface area (Å²) >= 11 is 6.04. The number of alkyl halides is 3. The minimum atomic E-state index is -4.42. The molecule has 0 aliphatic heterocycles. The smallest absolute Gasteiger partial charge is 0.338 e. The van der Waals surface area contributed by atoms with Crippen molar-refractivity contribution in [3.63, 3.8) is 0 Å². The van der Waals surface area contributed by atoms with Crippen molar-refractivity contribution >= 4 is 11.6 Å². The zero-order valence-electron chi connectivity index (χ0n) is 12.1. The molecule has 0 spiro atoms. The highest BCUT2D eigenvalue weighted by molar-refractivity contribution is 6.33. The van der Waals surface area contributed by atoms with Crippen LogP contribution in [-0.2, 0) is 6.18 Å². The van der Waals surface area contributed by atoms with Crippen LogP contribution in [0, 0.1) is 6.92 Å². The lowest BCUT2D eigenvalue weighted by atomic mass is 10.1. The average Bonchev–Trinajstić information content (AvgIpc) is 2.97. The summed E-state index contributed by atoms with van der Waals surface area (Å²) in [5, 5.41) is 0.233. The fourth-order valence-corrected chi connectivity index (χ4v) is 2.44. The molecule has 0 amide bonds. The molecule has 0 fully saturated rings. The Kier molecular flexibility index (Phi) is 3.90. The van der Waals surface area contributed by atoms with Gasteiger partial charge < -0.3 is 4.98 Å². The maximum atomic E-state index is 12.9. The number of nitrogens with one attached hydrogen (secondary N) is 1. The summed E-state index contributed by atoms with van der Waals surface area (Å²) in [6.45, 7) is 1.97. The Bertz CT molecular complexity index is 836. The molecule has 0 saturated heterocycles. The number of aromatic nitrogens is 2. The van der Waals surface area contributed by atoms with Crippen LogP contribution in [0.15, 0.2) is 48.7 Å². The second-order valence-corrected chi connectivity index (χ2v) is 5.61. The van der Waals surface area contributed by atoms with Gasteiger partial charge in [-0.25, -0.2) is 4.98 Å². The molecular weight excluding hydrogens is 325 g/mol. The number of aryl methyl sites for hydroxylation is 1. The summed E-state index contributed by atoms with van der Waals surface area (Å²) in [7, 11) is 0. The molecular formula is C17H12ClF3N2. The van der Waals surface area contributed by atoms with Gasteiger partial charge in [0.1, 0.15) is 5.82 Å². The number of halogens is 4. The molecule has 0 saturated carbocycles. The van der Waals surface area contributed by atoms with E-state index in [4.69, 9.17) is 11.6 Å². The van der Waals surface area contributed by atoms with Crippen molar-refractivity contribution in [2.45, 2.75) is 13.1 Å². The van der Waals surface area contributed by atoms with Crippen LogP contribution in [0.25, 0.3) is 22.6 Å². The van der Waals surface area contributed by atoms with Crippen molar-refractivity contribution in [3.05, 3.63) is 64.8 Å². The highest BCUT2D eigenvalue weighted by Crippen LogP contribution is 2.35. The van der Waals surface area contributed by atoms with Crippen molar-refractivity contribution in [2.75, 3.05) is 0 Å². The maximum absolute atomic E-state index is 12.9. The van der Waals surface area contributed by atoms with Crippen molar-refractivity contribution in [3.8, 4) is 22.6 Å². The van der Waals surface area contributed by atoms with Gasteiger partial charge in [-0.15, -0.1) is 0 Å². The predicted octanol–water partition coefficient (Wildman–Crippen LogP) is 5.72. The minimum absolute atomic E-state index is 0.233. The van der Waals surface area contributed by atoms with Crippen molar-refractivity contribution in [1.82, 2.24) is 9.97 Å². The van der Waals surface area contributed by atoms with Crippen LogP contribution >= 0.6 is 11.6 Å². The Labute approximate surface area is 136 Å². The third-order valence-electron chi connectivity index (χ3n) is 3.48. The van der Waals surface area contributed by atoms with E-state index < -0.39 is 11.7 Å². The SMILES string of the molecule is Cc1ccc(-c2ncc(-c3cc(C(F)(F)F)ccc3Cl)[nH]2)cc1. The molecule has 0 aliphatic carbocycles. The molecule has 3 rings (SSSR count). The van der Waals surface area contributed by atoms with E-state index >= 15 is 0 Å². The third kappa shape index (κ3) is 3.24. The number of rotatable bonds is 2. The molecule has 0 aliphatic rings. The monoisotopic (exact) mass is 336 g/mol. The first kappa shape index (κ1) is 15.6. The number of hydrogen-bond donors (Lipinski definition) is 1. The summed E-state index contributed by atoms with van der Waals surface area (Å²) < 4.78 is 38.6. The highest BCUT2D eigenvalue weighted by atomic mass is 35.5. The van der Waals surface area contributed by atoms with E-state index in [9.17, 15) is 13.2 Å². The Balaban J connectivity index is 2.02. The molecule has 0 bridgehead atoms. The van der Waals surface area contributed by atoms with Gasteiger partial charge >= 0.3 is 6.18 Å². The van der Waals surface area contributed by atoms with Crippen LogP contribution in [0.1, 0.15) is 11.1 Å². The molecule has 2 aromatic carbocycles. The van der Waals surface area contributed by atoms with E-state index in [0.717, 1.165) is 23.3 Å². The first-order chi connectivity index (χ1) is 10.8. The number of H-pyrrole nitrogens is 1. The van der Waals surface area contributed by atoms with Crippen LogP contribution in [0.3, 0.4) is 0 Å². The van der Waals surface area contributed by atoms with Gasteiger partial charge in [0.2, 0.25) is 0 Å². The summed E-state index contributed by atoms with van der Waals surface area (Å²) in [4.78, 5) is 7.25. The highest BCUT2D eigenvalue weighted by Gasteiger charge is 2.31. The van der Waals surface area contributed by atoms with Gasteiger partial charge in [-0.3, -0.25) is 0 Å². The molecule has 3 aromatic rings. The fraction of sp³-hybridized carbons (Fsp3) is 0.118. The Morgan fingerprint density at radius 2 is 1.74 bits per heavy atom. The molecule has 2 nitrogen and oxygen atoms in total. The lowest BCUT2D eigenvalue weighted by Crippen LogP contribution is -2.04. The topological polar surface area (TPSA) is 28.7 Å². The second kappa shape index (κ2) is 5.74. The van der Waals surface area contributed by atoms with E-state index in [-0.39, 0.29) is 10.6 Å². The molecule has 0 atom stereocenters. The largest absolute Gasteiger partial charge is 0.416 e. The lowest BCUT2D eigenvalue weighted by molar-refractivity contribution is -0.137. The molecule has 1 aromatic heterocycles. The summed E-state index contributed by atoms with van der Waals surface area (Å²) in [6, 6.07) is 10.9. The minimum Gasteiger partial charge on any atom is -0.338 e. The van der Waals surface area contributed by atoms with E-state index in [2.05, 4.69) is 9.97 Å². The molecule has 6 heteroatoms. The van der Waals surface area contributed by atoms with Crippen molar-refractivity contribution in [2.24, 2.45) is 0 Å². The molecule has 23 heavy (non-hydrogen) atoms. The van der Waals surface area contributed by atoms with Gasteiger partial charge in [0, 0.05) is 16.1 Å². The molecule has 118 valence electrons. The summed E-state index contributed by atoms with van der Waals surface area (Å²) in [5.41, 5.74) is 1.93. The van der Waals surface area contributed by atoms with Crippen LogP contribution in [0.2, 0.25) is 5.02 Å². The third-order valence-corrected chi connectivity index (χ3v) is 3.81. The van der Waals surface area contributed by atoms with Crippen LogP contribution in [0.5, 0.6) is 0 Å². The van der Waals surface area contributed by atoms with Crippen molar-refractivity contribution in [1.29, 1.82) is 0 Å². The van der Waals surface area contributed by atoms with E-state index in [0.29, 0.717) is 11.5 Å². The zero-order chi connectivity index (χ0) is 16.6. The second-order valence-electron chi connectivity index (χ2n) is 5.20. The molecule has 1 heterocycles. The molecule has 0 unspecified atom stereocenters. The number of benzene rings is 2. The Morgan fingerprint density at radius 3 is 2.39 bits per heavy atom. The summed E-state index contributed by atoms with van der Waals surface area (Å²) in [6.07, 6.45) is -2.93. The van der Waals surface area contributed by atoms with Gasteiger partial charge in [-0.1, -0.05) is 41.4 Å². The number of aromatic amines is 1. The Morgan fingerprint density at radius 1 is 1.04 bits per heavy atom. The molecule has 0 radical (unpaired) electrons. The number of hydrogen-bond acceptors (Lipinski definition) is 1. The summed E-state index contributed by atoms with van der Waals surface area (Å²) in [5.74, 6) is 0.577. The quantitative estimate of drug-likeness (QED) is 0.636. The zero-order valence-corrected chi connectivity index (χ0v) is 12.8. The van der Waals surface area contributed by atoms with Crippen LogP contribution < -0.4 is 0 Å². The van der Waals surface area contributed by atoms with Gasteiger partial charge in [0.15, 0.2) is 0 Å². The van der Waals surface area contributed by atoms with Crippen LogP contribution in [0.4, 0.5) is 13.2 Å². The van der Waals surface area contributed by atoms with Gasteiger partial charge in [-0.05, 0) is 25.1 Å².